The molecule has 29 heavy (non-hydrogen) atoms. The van der Waals surface area contributed by atoms with Crippen molar-refractivity contribution < 1.29 is 9.59 Å². The van der Waals surface area contributed by atoms with Gasteiger partial charge in [-0.1, -0.05) is 36.7 Å². The number of rotatable bonds is 5. The summed E-state index contributed by atoms with van der Waals surface area (Å²) < 4.78 is 0. The predicted octanol–water partition coefficient (Wildman–Crippen LogP) is 5.67. The van der Waals surface area contributed by atoms with Gasteiger partial charge >= 0.3 is 0 Å². The number of amides is 2. The van der Waals surface area contributed by atoms with Crippen molar-refractivity contribution in [3.05, 3.63) is 86.7 Å². The predicted molar refractivity (Wildman–Crippen MR) is 119 cm³/mol. The SMILES string of the molecule is CCc1ccc(N2C(=O)C(Nc3ccc(Cl)cc3C)=C(c3cccs3)C2=O)cc1. The molecule has 1 aliphatic heterocycles. The Labute approximate surface area is 178 Å². The molecular formula is C23H19ClN2O2S. The lowest BCUT2D eigenvalue weighted by Gasteiger charge is -2.16. The summed E-state index contributed by atoms with van der Waals surface area (Å²) in [6, 6.07) is 16.6. The van der Waals surface area contributed by atoms with Crippen LogP contribution < -0.4 is 10.2 Å². The van der Waals surface area contributed by atoms with Crippen LogP contribution in [0.2, 0.25) is 5.02 Å². The molecule has 2 amide bonds. The molecule has 0 fully saturated rings. The van der Waals surface area contributed by atoms with Crippen molar-refractivity contribution >= 4 is 51.7 Å². The number of thiophene rings is 1. The molecule has 3 aromatic rings. The van der Waals surface area contributed by atoms with E-state index >= 15 is 0 Å². The van der Waals surface area contributed by atoms with Crippen LogP contribution in [-0.4, -0.2) is 11.8 Å². The van der Waals surface area contributed by atoms with Crippen molar-refractivity contribution in [2.24, 2.45) is 0 Å². The minimum absolute atomic E-state index is 0.280. The van der Waals surface area contributed by atoms with Gasteiger partial charge in [-0.25, -0.2) is 4.90 Å². The summed E-state index contributed by atoms with van der Waals surface area (Å²) in [7, 11) is 0. The van der Waals surface area contributed by atoms with E-state index in [1.54, 1.807) is 6.07 Å². The summed E-state index contributed by atoms with van der Waals surface area (Å²) >= 11 is 7.49. The van der Waals surface area contributed by atoms with Crippen LogP contribution in [0.3, 0.4) is 0 Å². The van der Waals surface area contributed by atoms with Crippen LogP contribution >= 0.6 is 22.9 Å². The fourth-order valence-electron chi connectivity index (χ4n) is 3.31. The van der Waals surface area contributed by atoms with Crippen molar-refractivity contribution in [2.75, 3.05) is 10.2 Å². The monoisotopic (exact) mass is 422 g/mol. The van der Waals surface area contributed by atoms with Gasteiger partial charge in [-0.15, -0.1) is 11.3 Å². The van der Waals surface area contributed by atoms with Gasteiger partial charge in [0.05, 0.1) is 11.3 Å². The highest BCUT2D eigenvalue weighted by Crippen LogP contribution is 2.36. The summed E-state index contributed by atoms with van der Waals surface area (Å²) in [5.41, 5.74) is 4.01. The maximum Gasteiger partial charge on any atom is 0.282 e. The van der Waals surface area contributed by atoms with Crippen molar-refractivity contribution in [3.63, 3.8) is 0 Å². The van der Waals surface area contributed by atoms with Gasteiger partial charge in [0.25, 0.3) is 11.8 Å². The van der Waals surface area contributed by atoms with Gasteiger partial charge in [0, 0.05) is 15.6 Å². The maximum absolute atomic E-state index is 13.3. The Morgan fingerprint density at radius 2 is 1.79 bits per heavy atom. The Balaban J connectivity index is 1.78. The topological polar surface area (TPSA) is 49.4 Å². The lowest BCUT2D eigenvalue weighted by molar-refractivity contribution is -0.120. The third kappa shape index (κ3) is 3.59. The average Bonchev–Trinajstić information content (AvgIpc) is 3.31. The van der Waals surface area contributed by atoms with E-state index in [0.717, 1.165) is 28.1 Å². The van der Waals surface area contributed by atoms with Crippen LogP contribution in [0.25, 0.3) is 5.57 Å². The molecule has 146 valence electrons. The molecule has 0 spiro atoms. The molecule has 6 heteroatoms. The largest absolute Gasteiger partial charge is 0.350 e. The smallest absolute Gasteiger partial charge is 0.282 e. The fraction of sp³-hybridized carbons (Fsp3) is 0.130. The molecule has 2 aromatic carbocycles. The van der Waals surface area contributed by atoms with Crippen molar-refractivity contribution in [3.8, 4) is 0 Å². The van der Waals surface area contributed by atoms with E-state index in [0.29, 0.717) is 16.3 Å². The zero-order chi connectivity index (χ0) is 20.5. The Kier molecular flexibility index (Phi) is 5.26. The highest BCUT2D eigenvalue weighted by atomic mass is 35.5. The summed E-state index contributed by atoms with van der Waals surface area (Å²) in [5, 5.41) is 5.70. The fourth-order valence-corrected chi connectivity index (χ4v) is 4.31. The highest BCUT2D eigenvalue weighted by molar-refractivity contribution is 7.11. The lowest BCUT2D eigenvalue weighted by Crippen LogP contribution is -2.32. The number of imide groups is 1. The summed E-state index contributed by atoms with van der Waals surface area (Å²) in [5.74, 6) is -0.687. The standard InChI is InChI=1S/C23H19ClN2O2S/c1-3-15-6-9-17(10-7-15)26-22(27)20(19-5-4-12-29-19)21(23(26)28)25-18-11-8-16(24)13-14(18)2/h4-13,25H,3H2,1-2H3. The summed E-state index contributed by atoms with van der Waals surface area (Å²) in [6.45, 7) is 3.97. The first kappa shape index (κ1) is 19.4. The normalized spacial score (nSPS) is 14.1. The number of carbonyl (C=O) groups excluding carboxylic acids is 2. The molecular weight excluding hydrogens is 404 g/mol. The van der Waals surface area contributed by atoms with E-state index in [4.69, 9.17) is 11.6 Å². The second-order valence-corrected chi connectivity index (χ2v) is 8.16. The van der Waals surface area contributed by atoms with Gasteiger partial charge in [0.15, 0.2) is 0 Å². The molecule has 1 aliphatic rings. The number of hydrogen-bond acceptors (Lipinski definition) is 4. The number of anilines is 2. The molecule has 0 unspecified atom stereocenters. The lowest BCUT2D eigenvalue weighted by atomic mass is 10.1. The van der Waals surface area contributed by atoms with Crippen LogP contribution in [0, 0.1) is 6.92 Å². The molecule has 0 radical (unpaired) electrons. The number of aryl methyl sites for hydroxylation is 2. The minimum Gasteiger partial charge on any atom is -0.350 e. The van der Waals surface area contributed by atoms with Crippen molar-refractivity contribution in [1.82, 2.24) is 0 Å². The number of hydrogen-bond donors (Lipinski definition) is 1. The minimum atomic E-state index is -0.364. The van der Waals surface area contributed by atoms with Gasteiger partial charge in [0.2, 0.25) is 0 Å². The number of benzene rings is 2. The third-order valence-corrected chi connectivity index (χ3v) is 6.02. The Hall–Kier alpha value is -2.89. The van der Waals surface area contributed by atoms with E-state index in [-0.39, 0.29) is 17.5 Å². The van der Waals surface area contributed by atoms with Gasteiger partial charge < -0.3 is 5.32 Å². The van der Waals surface area contributed by atoms with E-state index < -0.39 is 0 Å². The third-order valence-electron chi connectivity index (χ3n) is 4.90. The van der Waals surface area contributed by atoms with Crippen molar-refractivity contribution in [2.45, 2.75) is 20.3 Å². The van der Waals surface area contributed by atoms with Crippen molar-refractivity contribution in [1.29, 1.82) is 0 Å². The molecule has 0 aliphatic carbocycles. The molecule has 2 heterocycles. The average molecular weight is 423 g/mol. The second kappa shape index (κ2) is 7.85. The van der Waals surface area contributed by atoms with Gasteiger partial charge in [-0.3, -0.25) is 9.59 Å². The second-order valence-electron chi connectivity index (χ2n) is 6.78. The summed E-state index contributed by atoms with van der Waals surface area (Å²) in [4.78, 5) is 28.6. The molecule has 1 aromatic heterocycles. The van der Waals surface area contributed by atoms with E-state index in [1.807, 2.05) is 60.8 Å². The molecule has 1 N–H and O–H groups in total. The molecule has 0 saturated heterocycles. The number of nitrogens with zero attached hydrogens (tertiary/aromatic N) is 1. The molecule has 0 saturated carbocycles. The maximum atomic E-state index is 13.3. The first-order valence-corrected chi connectivity index (χ1v) is 10.5. The quantitative estimate of drug-likeness (QED) is 0.539. The van der Waals surface area contributed by atoms with Crippen LogP contribution in [0.1, 0.15) is 22.9 Å². The van der Waals surface area contributed by atoms with Crippen LogP contribution in [-0.2, 0) is 16.0 Å². The zero-order valence-corrected chi connectivity index (χ0v) is 17.6. The van der Waals surface area contributed by atoms with Gasteiger partial charge in [-0.05, 0) is 66.2 Å². The highest BCUT2D eigenvalue weighted by Gasteiger charge is 2.40. The zero-order valence-electron chi connectivity index (χ0n) is 16.0. The number of halogens is 1. The van der Waals surface area contributed by atoms with Gasteiger partial charge in [-0.2, -0.15) is 0 Å². The molecule has 4 nitrogen and oxygen atoms in total. The molecule has 0 atom stereocenters. The van der Waals surface area contributed by atoms with E-state index in [2.05, 4.69) is 12.2 Å². The Morgan fingerprint density at radius 1 is 1.03 bits per heavy atom. The molecule has 0 bridgehead atoms. The first-order chi connectivity index (χ1) is 14.0. The van der Waals surface area contributed by atoms with Crippen LogP contribution in [0.5, 0.6) is 0 Å². The molecule has 4 rings (SSSR count). The van der Waals surface area contributed by atoms with E-state index in [9.17, 15) is 9.59 Å². The van der Waals surface area contributed by atoms with Crippen LogP contribution in [0.15, 0.2) is 65.7 Å². The Morgan fingerprint density at radius 3 is 2.41 bits per heavy atom. The van der Waals surface area contributed by atoms with E-state index in [1.165, 1.54) is 16.2 Å². The van der Waals surface area contributed by atoms with Crippen LogP contribution in [0.4, 0.5) is 11.4 Å². The number of nitrogens with one attached hydrogen (secondary N) is 1. The first-order valence-electron chi connectivity index (χ1n) is 9.28. The number of carbonyl (C=O) groups is 2. The van der Waals surface area contributed by atoms with Gasteiger partial charge in [0.1, 0.15) is 5.70 Å². The Bertz CT molecular complexity index is 1120. The summed E-state index contributed by atoms with van der Waals surface area (Å²) in [6.07, 6.45) is 0.892.